The van der Waals surface area contributed by atoms with E-state index in [0.29, 0.717) is 23.5 Å². The number of nitrogens with zero attached hydrogens (tertiary/aromatic N) is 1. The van der Waals surface area contributed by atoms with Crippen molar-refractivity contribution in [1.82, 2.24) is 4.90 Å². The summed E-state index contributed by atoms with van der Waals surface area (Å²) >= 11 is 5.93. The van der Waals surface area contributed by atoms with Gasteiger partial charge in [-0.1, -0.05) is 23.7 Å². The Morgan fingerprint density at radius 1 is 1.35 bits per heavy atom. The predicted octanol–water partition coefficient (Wildman–Crippen LogP) is 3.05. The van der Waals surface area contributed by atoms with Crippen LogP contribution in [-0.4, -0.2) is 36.1 Å². The molecular weight excluding hydrogens is 274 g/mol. The molecule has 3 rings (SSSR count). The number of benzene rings is 1. The number of carbonyl (C=O) groups excluding carboxylic acids is 1. The van der Waals surface area contributed by atoms with Gasteiger partial charge in [0.25, 0.3) is 0 Å². The van der Waals surface area contributed by atoms with Crippen molar-refractivity contribution >= 4 is 17.6 Å². The molecule has 2 aliphatic heterocycles. The topological polar surface area (TPSA) is 29.5 Å². The van der Waals surface area contributed by atoms with E-state index in [2.05, 4.69) is 11.9 Å². The van der Waals surface area contributed by atoms with Gasteiger partial charge in [0.2, 0.25) is 0 Å². The molecule has 1 aromatic rings. The lowest BCUT2D eigenvalue weighted by Crippen LogP contribution is -2.43. The van der Waals surface area contributed by atoms with Gasteiger partial charge in [-0.3, -0.25) is 4.79 Å². The molecule has 0 N–H and O–H groups in total. The van der Waals surface area contributed by atoms with Crippen molar-refractivity contribution in [1.29, 1.82) is 0 Å². The monoisotopic (exact) mass is 293 g/mol. The van der Waals surface area contributed by atoms with Gasteiger partial charge in [0, 0.05) is 17.1 Å². The fourth-order valence-electron chi connectivity index (χ4n) is 3.50. The Labute approximate surface area is 124 Å². The quantitative estimate of drug-likeness (QED) is 0.802. The van der Waals surface area contributed by atoms with Gasteiger partial charge in [0.1, 0.15) is 6.10 Å². The molecule has 4 heteroatoms. The first-order valence-corrected chi connectivity index (χ1v) is 7.65. The normalized spacial score (nSPS) is 29.4. The summed E-state index contributed by atoms with van der Waals surface area (Å²) in [6.45, 7) is 0. The molecule has 0 spiro atoms. The predicted molar refractivity (Wildman–Crippen MR) is 78.8 cm³/mol. The highest BCUT2D eigenvalue weighted by atomic mass is 35.5. The average molecular weight is 294 g/mol. The summed E-state index contributed by atoms with van der Waals surface area (Å²) < 4.78 is 5.66. The number of piperidine rings is 1. The van der Waals surface area contributed by atoms with Crippen LogP contribution in [0.15, 0.2) is 24.3 Å². The van der Waals surface area contributed by atoms with Gasteiger partial charge >= 0.3 is 5.97 Å². The van der Waals surface area contributed by atoms with E-state index in [4.69, 9.17) is 16.3 Å². The first-order valence-electron chi connectivity index (χ1n) is 7.27. The molecule has 2 saturated heterocycles. The zero-order valence-corrected chi connectivity index (χ0v) is 12.5. The lowest BCUT2D eigenvalue weighted by molar-refractivity contribution is -0.151. The molecule has 0 aliphatic carbocycles. The molecule has 0 aromatic heterocycles. The van der Waals surface area contributed by atoms with Gasteiger partial charge in [0.15, 0.2) is 0 Å². The number of carbonyl (C=O) groups is 1. The standard InChI is InChI=1S/C16H20ClNO2/c1-18-13-5-6-14(18)10-15(9-13)20-16(19)8-11-3-2-4-12(17)7-11/h2-4,7,13-15H,5-6,8-10H2,1H3. The van der Waals surface area contributed by atoms with Crippen LogP contribution < -0.4 is 0 Å². The fraction of sp³-hybridized carbons (Fsp3) is 0.562. The van der Waals surface area contributed by atoms with Crippen molar-refractivity contribution in [3.05, 3.63) is 34.9 Å². The summed E-state index contributed by atoms with van der Waals surface area (Å²) in [5.74, 6) is -0.138. The van der Waals surface area contributed by atoms with Crippen LogP contribution in [0.4, 0.5) is 0 Å². The average Bonchev–Trinajstić information content (AvgIpc) is 2.61. The van der Waals surface area contributed by atoms with Crippen LogP contribution in [0.2, 0.25) is 5.02 Å². The van der Waals surface area contributed by atoms with Gasteiger partial charge in [-0.25, -0.2) is 0 Å². The van der Waals surface area contributed by atoms with Crippen LogP contribution in [0, 0.1) is 0 Å². The van der Waals surface area contributed by atoms with E-state index in [1.54, 1.807) is 0 Å². The fourth-order valence-corrected chi connectivity index (χ4v) is 3.71. The van der Waals surface area contributed by atoms with Crippen LogP contribution in [0.25, 0.3) is 0 Å². The highest BCUT2D eigenvalue weighted by molar-refractivity contribution is 6.30. The molecule has 2 bridgehead atoms. The third kappa shape index (κ3) is 2.99. The summed E-state index contributed by atoms with van der Waals surface area (Å²) in [5.41, 5.74) is 0.915. The maximum Gasteiger partial charge on any atom is 0.310 e. The Kier molecular flexibility index (Phi) is 3.99. The second-order valence-corrected chi connectivity index (χ2v) is 6.38. The molecule has 0 radical (unpaired) electrons. The number of halogens is 1. The van der Waals surface area contributed by atoms with Crippen molar-refractivity contribution in [3.8, 4) is 0 Å². The van der Waals surface area contributed by atoms with Crippen LogP contribution in [0.5, 0.6) is 0 Å². The van der Waals surface area contributed by atoms with E-state index in [0.717, 1.165) is 18.4 Å². The molecule has 0 amide bonds. The van der Waals surface area contributed by atoms with Crippen LogP contribution in [0.1, 0.15) is 31.2 Å². The Morgan fingerprint density at radius 3 is 2.70 bits per heavy atom. The van der Waals surface area contributed by atoms with Gasteiger partial charge in [-0.15, -0.1) is 0 Å². The number of esters is 1. The minimum atomic E-state index is -0.138. The maximum atomic E-state index is 12.0. The van der Waals surface area contributed by atoms with Crippen molar-refractivity contribution in [2.75, 3.05) is 7.05 Å². The Balaban J connectivity index is 1.55. The summed E-state index contributed by atoms with van der Waals surface area (Å²) in [5, 5.41) is 0.660. The van der Waals surface area contributed by atoms with Gasteiger partial charge in [-0.05, 0) is 50.4 Å². The first kappa shape index (κ1) is 13.9. The number of hydrogen-bond acceptors (Lipinski definition) is 3. The smallest absolute Gasteiger partial charge is 0.310 e. The molecular formula is C16H20ClNO2. The second kappa shape index (κ2) is 5.74. The Bertz CT molecular complexity index is 491. The molecule has 1 aromatic carbocycles. The third-order valence-electron chi connectivity index (χ3n) is 4.59. The van der Waals surface area contributed by atoms with Crippen LogP contribution in [0.3, 0.4) is 0 Å². The molecule has 2 heterocycles. The molecule has 2 fully saturated rings. The summed E-state index contributed by atoms with van der Waals surface area (Å²) in [7, 11) is 2.19. The first-order chi connectivity index (χ1) is 9.61. The third-order valence-corrected chi connectivity index (χ3v) is 4.83. The van der Waals surface area contributed by atoms with E-state index < -0.39 is 0 Å². The molecule has 3 nitrogen and oxygen atoms in total. The Morgan fingerprint density at radius 2 is 2.05 bits per heavy atom. The number of fused-ring (bicyclic) bond motifs is 2. The highest BCUT2D eigenvalue weighted by Crippen LogP contribution is 2.35. The molecule has 2 unspecified atom stereocenters. The Hall–Kier alpha value is -1.06. The van der Waals surface area contributed by atoms with Crippen LogP contribution >= 0.6 is 11.6 Å². The summed E-state index contributed by atoms with van der Waals surface area (Å²) in [6, 6.07) is 8.59. The molecule has 2 aliphatic rings. The molecule has 20 heavy (non-hydrogen) atoms. The number of hydrogen-bond donors (Lipinski definition) is 0. The SMILES string of the molecule is CN1C2CCC1CC(OC(=O)Cc1cccc(Cl)c1)C2. The zero-order chi connectivity index (χ0) is 14.1. The van der Waals surface area contributed by atoms with Crippen molar-refractivity contribution in [3.63, 3.8) is 0 Å². The lowest BCUT2D eigenvalue weighted by Gasteiger charge is -2.35. The van der Waals surface area contributed by atoms with E-state index >= 15 is 0 Å². The van der Waals surface area contributed by atoms with E-state index in [9.17, 15) is 4.79 Å². The van der Waals surface area contributed by atoms with Crippen molar-refractivity contribution < 1.29 is 9.53 Å². The second-order valence-electron chi connectivity index (χ2n) is 5.94. The highest BCUT2D eigenvalue weighted by Gasteiger charge is 2.39. The van der Waals surface area contributed by atoms with E-state index in [-0.39, 0.29) is 12.1 Å². The van der Waals surface area contributed by atoms with E-state index in [1.807, 2.05) is 24.3 Å². The molecule has 0 saturated carbocycles. The maximum absolute atomic E-state index is 12.0. The zero-order valence-electron chi connectivity index (χ0n) is 11.7. The summed E-state index contributed by atoms with van der Waals surface area (Å²) in [6.07, 6.45) is 4.84. The summed E-state index contributed by atoms with van der Waals surface area (Å²) in [4.78, 5) is 14.5. The van der Waals surface area contributed by atoms with Gasteiger partial charge in [-0.2, -0.15) is 0 Å². The minimum absolute atomic E-state index is 0.0929. The molecule has 2 atom stereocenters. The van der Waals surface area contributed by atoms with Crippen molar-refractivity contribution in [2.45, 2.75) is 50.3 Å². The number of ether oxygens (including phenoxy) is 1. The lowest BCUT2D eigenvalue weighted by atomic mass is 10.0. The van der Waals surface area contributed by atoms with Crippen molar-refractivity contribution in [2.24, 2.45) is 0 Å². The van der Waals surface area contributed by atoms with Crippen LogP contribution in [-0.2, 0) is 16.0 Å². The van der Waals surface area contributed by atoms with E-state index in [1.165, 1.54) is 12.8 Å². The van der Waals surface area contributed by atoms with Gasteiger partial charge < -0.3 is 9.64 Å². The number of rotatable bonds is 3. The largest absolute Gasteiger partial charge is 0.462 e. The molecule has 108 valence electrons. The minimum Gasteiger partial charge on any atom is -0.462 e. The van der Waals surface area contributed by atoms with Gasteiger partial charge in [0.05, 0.1) is 6.42 Å².